The summed E-state index contributed by atoms with van der Waals surface area (Å²) in [5, 5.41) is 21.1. The molecule has 1 spiro atoms. The number of carbonyl (C=O) groups is 1. The van der Waals surface area contributed by atoms with Crippen LogP contribution in [-0.2, 0) is 4.79 Å². The molecule has 28 heavy (non-hydrogen) atoms. The smallest absolute Gasteiger partial charge is 0.309 e. The minimum atomic E-state index is -0.670. The molecule has 1 saturated heterocycles. The van der Waals surface area contributed by atoms with Crippen molar-refractivity contribution in [2.24, 2.45) is 34.0 Å². The van der Waals surface area contributed by atoms with Gasteiger partial charge in [-0.25, -0.2) is 0 Å². The van der Waals surface area contributed by atoms with Crippen molar-refractivity contribution in [3.05, 3.63) is 11.6 Å². The van der Waals surface area contributed by atoms with Crippen molar-refractivity contribution in [1.82, 2.24) is 0 Å². The molecule has 5 heteroatoms. The van der Waals surface area contributed by atoms with E-state index in [4.69, 9.17) is 0 Å². The molecule has 3 aliphatic carbocycles. The van der Waals surface area contributed by atoms with Crippen LogP contribution in [0.5, 0.6) is 0 Å². The molecule has 1 aliphatic heterocycles. The van der Waals surface area contributed by atoms with E-state index in [0.717, 1.165) is 38.5 Å². The molecule has 2 saturated carbocycles. The fourth-order valence-corrected chi connectivity index (χ4v) is 11.4. The van der Waals surface area contributed by atoms with Crippen molar-refractivity contribution in [1.29, 1.82) is 5.26 Å². The Morgan fingerprint density at radius 2 is 2.07 bits per heavy atom. The molecule has 4 aliphatic rings. The van der Waals surface area contributed by atoms with E-state index < -0.39 is 15.5 Å². The predicted octanol–water partition coefficient (Wildman–Crippen LogP) is 5.96. The first kappa shape index (κ1) is 20.7. The number of nitrogens with zero attached hydrogens (tertiary/aromatic N) is 1. The zero-order valence-corrected chi connectivity index (χ0v) is 19.4. The maximum atomic E-state index is 12.4. The standard InChI is InChI=1S/C23H33NO2S2/c1-14(2)16-11-15-7-8-18-20(3,19(25)26)9-6-10-21(18,4)22(15)12-17(16)28-23(22,13-24)27-5/h11,14-15,17-18H,6-10,12H2,1-5H3,(H,25,26). The third kappa shape index (κ3) is 2.23. The number of aliphatic carboxylic acids is 1. The van der Waals surface area contributed by atoms with Gasteiger partial charge in [0.15, 0.2) is 4.08 Å². The van der Waals surface area contributed by atoms with E-state index in [1.54, 1.807) is 11.8 Å². The van der Waals surface area contributed by atoms with Crippen LogP contribution in [0.2, 0.25) is 0 Å². The summed E-state index contributed by atoms with van der Waals surface area (Å²) in [6, 6.07) is 2.81. The molecule has 3 fully saturated rings. The van der Waals surface area contributed by atoms with Crippen molar-refractivity contribution < 1.29 is 9.90 Å². The number of hydrogen-bond acceptors (Lipinski definition) is 4. The SMILES string of the molecule is CSC1(C#N)SC2CC13C(C=C2C(C)C)CCC1C(C)(C(=O)O)CCCC13C. The largest absolute Gasteiger partial charge is 0.481 e. The lowest BCUT2D eigenvalue weighted by Crippen LogP contribution is -2.65. The molecule has 0 radical (unpaired) electrons. The highest BCUT2D eigenvalue weighted by Gasteiger charge is 2.76. The Hall–Kier alpha value is -0.600. The number of fused-ring (bicyclic) bond motifs is 2. The second-order valence-electron chi connectivity index (χ2n) is 10.3. The Labute approximate surface area is 178 Å². The highest BCUT2D eigenvalue weighted by Crippen LogP contribution is 2.80. The summed E-state index contributed by atoms with van der Waals surface area (Å²) in [6.07, 6.45) is 10.5. The van der Waals surface area contributed by atoms with E-state index in [0.29, 0.717) is 17.1 Å². The summed E-state index contributed by atoms with van der Waals surface area (Å²) in [5.41, 5.74) is 0.607. The average Bonchev–Trinajstić information content (AvgIpc) is 2.93. The number of rotatable bonds is 3. The normalized spacial score (nSPS) is 49.8. The molecule has 4 rings (SSSR count). The van der Waals surface area contributed by atoms with Gasteiger partial charge in [0.2, 0.25) is 0 Å². The third-order valence-corrected chi connectivity index (χ3v) is 12.4. The Morgan fingerprint density at radius 1 is 1.36 bits per heavy atom. The molecule has 3 nitrogen and oxygen atoms in total. The number of thioether (sulfide) groups is 2. The summed E-state index contributed by atoms with van der Waals surface area (Å²) < 4.78 is -0.486. The third-order valence-electron chi connectivity index (χ3n) is 9.11. The molecule has 1 heterocycles. The van der Waals surface area contributed by atoms with Crippen molar-refractivity contribution in [2.75, 3.05) is 6.26 Å². The fraction of sp³-hybridized carbons (Fsp3) is 0.826. The van der Waals surface area contributed by atoms with Crippen LogP contribution >= 0.6 is 23.5 Å². The van der Waals surface area contributed by atoms with E-state index in [1.165, 1.54) is 5.57 Å². The molecule has 0 aromatic heterocycles. The predicted molar refractivity (Wildman–Crippen MR) is 117 cm³/mol. The van der Waals surface area contributed by atoms with Gasteiger partial charge in [-0.1, -0.05) is 38.8 Å². The van der Waals surface area contributed by atoms with Crippen LogP contribution in [0.15, 0.2) is 11.6 Å². The Kier molecular flexibility index (Phi) is 4.76. The highest BCUT2D eigenvalue weighted by molar-refractivity contribution is 8.19. The molecule has 154 valence electrons. The van der Waals surface area contributed by atoms with E-state index in [9.17, 15) is 15.2 Å². The maximum Gasteiger partial charge on any atom is 0.309 e. The van der Waals surface area contributed by atoms with E-state index >= 15 is 0 Å². The topological polar surface area (TPSA) is 61.1 Å². The highest BCUT2D eigenvalue weighted by atomic mass is 32.2. The van der Waals surface area contributed by atoms with Gasteiger partial charge in [-0.15, -0.1) is 23.5 Å². The van der Waals surface area contributed by atoms with Crippen LogP contribution in [-0.4, -0.2) is 26.7 Å². The van der Waals surface area contributed by atoms with Crippen molar-refractivity contribution in [3.8, 4) is 6.07 Å². The number of allylic oxidation sites excluding steroid dienone is 1. The number of hydrogen-bond donors (Lipinski definition) is 1. The van der Waals surface area contributed by atoms with Gasteiger partial charge in [0, 0.05) is 10.7 Å². The lowest BCUT2D eigenvalue weighted by atomic mass is 9.38. The first-order valence-corrected chi connectivity index (χ1v) is 12.8. The van der Waals surface area contributed by atoms with E-state index in [2.05, 4.69) is 39.2 Å². The van der Waals surface area contributed by atoms with Crippen LogP contribution in [0, 0.1) is 45.3 Å². The first-order chi connectivity index (χ1) is 13.1. The Bertz CT molecular complexity index is 773. The van der Waals surface area contributed by atoms with Gasteiger partial charge in [-0.05, 0) is 68.5 Å². The summed E-state index contributed by atoms with van der Waals surface area (Å²) in [7, 11) is 0. The second-order valence-corrected chi connectivity index (χ2v) is 13.0. The molecule has 0 aromatic carbocycles. The molecule has 1 N–H and O–H groups in total. The zero-order chi connectivity index (χ0) is 20.5. The van der Waals surface area contributed by atoms with Gasteiger partial charge in [-0.2, -0.15) is 5.26 Å². The fourth-order valence-electron chi connectivity index (χ4n) is 7.81. The monoisotopic (exact) mass is 419 g/mol. The molecule has 2 bridgehead atoms. The summed E-state index contributed by atoms with van der Waals surface area (Å²) in [5.74, 6) is 0.408. The lowest BCUT2D eigenvalue weighted by Gasteiger charge is -2.67. The Morgan fingerprint density at radius 3 is 2.64 bits per heavy atom. The zero-order valence-electron chi connectivity index (χ0n) is 17.7. The molecule has 0 aromatic rings. The minimum Gasteiger partial charge on any atom is -0.481 e. The van der Waals surface area contributed by atoms with Crippen LogP contribution in [0.4, 0.5) is 0 Å². The number of carboxylic acids is 1. The van der Waals surface area contributed by atoms with Crippen molar-refractivity contribution >= 4 is 29.5 Å². The first-order valence-electron chi connectivity index (χ1n) is 10.7. The summed E-state index contributed by atoms with van der Waals surface area (Å²) in [6.45, 7) is 8.91. The summed E-state index contributed by atoms with van der Waals surface area (Å²) >= 11 is 3.62. The maximum absolute atomic E-state index is 12.4. The van der Waals surface area contributed by atoms with Gasteiger partial charge in [0.1, 0.15) is 0 Å². The van der Waals surface area contributed by atoms with Gasteiger partial charge >= 0.3 is 5.97 Å². The average molecular weight is 420 g/mol. The molecular weight excluding hydrogens is 386 g/mol. The van der Waals surface area contributed by atoms with Crippen LogP contribution in [0.1, 0.15) is 66.2 Å². The van der Waals surface area contributed by atoms with E-state index in [-0.39, 0.29) is 16.7 Å². The Balaban J connectivity index is 1.94. The quantitative estimate of drug-likeness (QED) is 0.572. The molecule has 7 atom stereocenters. The van der Waals surface area contributed by atoms with Gasteiger partial charge < -0.3 is 5.11 Å². The van der Waals surface area contributed by atoms with Crippen molar-refractivity contribution in [2.45, 2.75) is 75.5 Å². The lowest BCUT2D eigenvalue weighted by molar-refractivity contribution is -0.184. The summed E-state index contributed by atoms with van der Waals surface area (Å²) in [4.78, 5) is 12.4. The molecular formula is C23H33NO2S2. The minimum absolute atomic E-state index is 0.110. The van der Waals surface area contributed by atoms with E-state index in [1.807, 2.05) is 18.7 Å². The molecule has 7 unspecified atom stereocenters. The van der Waals surface area contributed by atoms with Gasteiger partial charge in [-0.3, -0.25) is 4.79 Å². The number of carboxylic acid groups (broad SMARTS) is 1. The molecule has 0 amide bonds. The van der Waals surface area contributed by atoms with Gasteiger partial charge in [0.25, 0.3) is 0 Å². The van der Waals surface area contributed by atoms with Crippen molar-refractivity contribution in [3.63, 3.8) is 0 Å². The van der Waals surface area contributed by atoms with Crippen LogP contribution in [0.25, 0.3) is 0 Å². The number of nitriles is 1. The van der Waals surface area contributed by atoms with Crippen LogP contribution in [0.3, 0.4) is 0 Å². The van der Waals surface area contributed by atoms with Gasteiger partial charge in [0.05, 0.1) is 11.5 Å². The second kappa shape index (κ2) is 6.45. The van der Waals surface area contributed by atoms with Crippen LogP contribution < -0.4 is 0 Å².